The van der Waals surface area contributed by atoms with E-state index in [0.29, 0.717) is 17.7 Å². The van der Waals surface area contributed by atoms with Crippen LogP contribution in [0, 0.1) is 11.3 Å². The van der Waals surface area contributed by atoms with Gasteiger partial charge in [-0.1, -0.05) is 12.1 Å². The van der Waals surface area contributed by atoms with Crippen LogP contribution in [0.15, 0.2) is 67.0 Å². The number of benzene rings is 2. The Bertz CT molecular complexity index is 1580. The fraction of sp³-hybridized carbons (Fsp3) is 0.148. The van der Waals surface area contributed by atoms with Crippen LogP contribution in [0.5, 0.6) is 0 Å². The average Bonchev–Trinajstić information content (AvgIpc) is 3.51. The largest absolute Gasteiger partial charge is 0.361 e. The van der Waals surface area contributed by atoms with Gasteiger partial charge < -0.3 is 20.5 Å². The van der Waals surface area contributed by atoms with Crippen molar-refractivity contribution in [3.05, 3.63) is 78.1 Å². The second kappa shape index (κ2) is 9.58. The van der Waals surface area contributed by atoms with Crippen molar-refractivity contribution in [2.75, 3.05) is 32.5 Å². The number of hydrogen-bond donors (Lipinski definition) is 3. The molecule has 0 radical (unpaired) electrons. The molecule has 1 amide bonds. The van der Waals surface area contributed by atoms with E-state index in [9.17, 15) is 10.1 Å². The molecule has 0 bridgehead atoms. The molecule has 5 rings (SSSR count). The number of pyridine rings is 1. The summed E-state index contributed by atoms with van der Waals surface area (Å²) in [6.07, 6.45) is 3.51. The maximum absolute atomic E-state index is 12.6. The van der Waals surface area contributed by atoms with Crippen molar-refractivity contribution in [3.63, 3.8) is 0 Å². The summed E-state index contributed by atoms with van der Waals surface area (Å²) in [5.74, 6) is -0.0952. The van der Waals surface area contributed by atoms with E-state index in [2.05, 4.69) is 26.7 Å². The number of carbonyl (C=O) groups excluding carboxylic acids is 1. The first-order valence-corrected chi connectivity index (χ1v) is 12.0. The van der Waals surface area contributed by atoms with Crippen molar-refractivity contribution in [1.29, 1.82) is 5.26 Å². The highest BCUT2D eigenvalue weighted by Crippen LogP contribution is 2.38. The molecule has 0 atom stereocenters. The van der Waals surface area contributed by atoms with Gasteiger partial charge in [0.2, 0.25) is 0 Å². The lowest BCUT2D eigenvalue weighted by Crippen LogP contribution is -2.31. The Morgan fingerprint density at radius 1 is 1.17 bits per heavy atom. The topological polar surface area (TPSA) is 96.8 Å². The van der Waals surface area contributed by atoms with Crippen LogP contribution in [0.1, 0.15) is 15.9 Å². The van der Waals surface area contributed by atoms with Crippen LogP contribution >= 0.6 is 11.3 Å². The lowest BCUT2D eigenvalue weighted by molar-refractivity contribution is 0.0951. The third kappa shape index (κ3) is 4.73. The molecule has 3 aromatic heterocycles. The van der Waals surface area contributed by atoms with E-state index in [0.717, 1.165) is 49.5 Å². The van der Waals surface area contributed by atoms with Crippen LogP contribution in [-0.4, -0.2) is 48.0 Å². The van der Waals surface area contributed by atoms with Gasteiger partial charge in [-0.05, 0) is 62.1 Å². The Labute approximate surface area is 207 Å². The molecule has 8 heteroatoms. The molecule has 2 aromatic carbocycles. The van der Waals surface area contributed by atoms with Crippen LogP contribution < -0.4 is 10.6 Å². The number of nitrogens with zero attached hydrogens (tertiary/aromatic N) is 3. The third-order valence-corrected chi connectivity index (χ3v) is 6.85. The number of aromatic nitrogens is 2. The van der Waals surface area contributed by atoms with Gasteiger partial charge in [0.25, 0.3) is 5.91 Å². The van der Waals surface area contributed by atoms with Gasteiger partial charge in [-0.2, -0.15) is 5.26 Å². The third-order valence-electron chi connectivity index (χ3n) is 5.76. The van der Waals surface area contributed by atoms with Crippen molar-refractivity contribution < 1.29 is 4.79 Å². The quantitative estimate of drug-likeness (QED) is 0.292. The van der Waals surface area contributed by atoms with Crippen LogP contribution in [0.2, 0.25) is 0 Å². The number of rotatable bonds is 7. The lowest BCUT2D eigenvalue weighted by Gasteiger charge is -2.10. The second-order valence-electron chi connectivity index (χ2n) is 8.53. The molecule has 0 aliphatic carbocycles. The number of H-pyrrole nitrogens is 1. The maximum Gasteiger partial charge on any atom is 0.251 e. The van der Waals surface area contributed by atoms with Gasteiger partial charge in [-0.25, -0.2) is 4.98 Å². The summed E-state index contributed by atoms with van der Waals surface area (Å²) in [5, 5.41) is 18.1. The Morgan fingerprint density at radius 3 is 2.89 bits per heavy atom. The number of likely N-dealkylation sites (N-methyl/N-ethyl adjacent to an activating group) is 1. The van der Waals surface area contributed by atoms with E-state index in [-0.39, 0.29) is 5.91 Å². The summed E-state index contributed by atoms with van der Waals surface area (Å²) in [5.41, 5.74) is 4.70. The molecule has 7 nitrogen and oxygen atoms in total. The first-order chi connectivity index (χ1) is 17.0. The van der Waals surface area contributed by atoms with Crippen molar-refractivity contribution >= 4 is 49.7 Å². The maximum atomic E-state index is 12.6. The number of amides is 1. The van der Waals surface area contributed by atoms with Crippen LogP contribution in [-0.2, 0) is 0 Å². The first-order valence-electron chi connectivity index (χ1n) is 11.2. The van der Waals surface area contributed by atoms with Gasteiger partial charge in [-0.15, -0.1) is 11.3 Å². The number of nitrogens with one attached hydrogen (secondary N) is 3. The van der Waals surface area contributed by atoms with Gasteiger partial charge in [-0.3, -0.25) is 4.79 Å². The van der Waals surface area contributed by atoms with E-state index in [1.807, 2.05) is 79.8 Å². The Hall–Kier alpha value is -4.19. The molecule has 0 aliphatic rings. The van der Waals surface area contributed by atoms with E-state index in [1.165, 1.54) is 11.3 Å². The van der Waals surface area contributed by atoms with Crippen molar-refractivity contribution in [2.45, 2.75) is 0 Å². The first kappa shape index (κ1) is 22.6. The Kier molecular flexibility index (Phi) is 6.19. The molecule has 0 spiro atoms. The molecular weight excluding hydrogens is 456 g/mol. The van der Waals surface area contributed by atoms with Crippen molar-refractivity contribution in [3.8, 4) is 16.5 Å². The van der Waals surface area contributed by atoms with Crippen molar-refractivity contribution in [1.82, 2.24) is 20.2 Å². The number of carbonyl (C=O) groups is 1. The molecule has 3 N–H and O–H groups in total. The smallest absolute Gasteiger partial charge is 0.251 e. The summed E-state index contributed by atoms with van der Waals surface area (Å²) in [6, 6.07) is 19.9. The predicted molar refractivity (Wildman–Crippen MR) is 142 cm³/mol. The van der Waals surface area contributed by atoms with Gasteiger partial charge in [0.05, 0.1) is 11.3 Å². The van der Waals surface area contributed by atoms with E-state index < -0.39 is 0 Å². The number of hydrogen-bond acceptors (Lipinski definition) is 6. The van der Waals surface area contributed by atoms with E-state index in [4.69, 9.17) is 0 Å². The van der Waals surface area contributed by atoms with Crippen LogP contribution in [0.4, 0.5) is 11.4 Å². The monoisotopic (exact) mass is 480 g/mol. The SMILES string of the molecule is CN(C)CCNC(=O)c1cccc(-c2cc3c(Nc4ccc5[nH]ccc5c4)c(C#N)cnc3s2)c1. The van der Waals surface area contributed by atoms with Gasteiger partial charge >= 0.3 is 0 Å². The molecule has 0 fully saturated rings. The minimum absolute atomic E-state index is 0.0952. The number of thiophene rings is 1. The standard InChI is InChI=1S/C27H24N6OS/c1-33(2)11-10-30-26(34)19-5-3-4-18(12-19)24-14-22-25(20(15-28)16-31-27(22)35-24)32-21-6-7-23-17(13-21)8-9-29-23/h3-9,12-14,16,29H,10-11H2,1-2H3,(H,30,34)(H,31,32). The fourth-order valence-corrected chi connectivity index (χ4v) is 4.94. The number of anilines is 2. The minimum Gasteiger partial charge on any atom is -0.361 e. The highest BCUT2D eigenvalue weighted by molar-refractivity contribution is 7.22. The predicted octanol–water partition coefficient (Wildman–Crippen LogP) is 5.35. The summed E-state index contributed by atoms with van der Waals surface area (Å²) in [6.45, 7) is 1.37. The summed E-state index contributed by atoms with van der Waals surface area (Å²) in [7, 11) is 3.95. The van der Waals surface area contributed by atoms with Crippen LogP contribution in [0.3, 0.4) is 0 Å². The van der Waals surface area contributed by atoms with Crippen molar-refractivity contribution in [2.24, 2.45) is 0 Å². The normalized spacial score (nSPS) is 11.1. The molecule has 174 valence electrons. The Morgan fingerprint density at radius 2 is 2.06 bits per heavy atom. The molecular formula is C27H24N6OS. The summed E-state index contributed by atoms with van der Waals surface area (Å²) < 4.78 is 0. The second-order valence-corrected chi connectivity index (χ2v) is 9.56. The van der Waals surface area contributed by atoms with E-state index >= 15 is 0 Å². The lowest BCUT2D eigenvalue weighted by atomic mass is 10.1. The highest BCUT2D eigenvalue weighted by Gasteiger charge is 2.15. The van der Waals surface area contributed by atoms with Gasteiger partial charge in [0.15, 0.2) is 0 Å². The zero-order chi connectivity index (χ0) is 24.4. The Balaban J connectivity index is 1.48. The molecule has 0 aliphatic heterocycles. The fourth-order valence-electron chi connectivity index (χ4n) is 3.94. The summed E-state index contributed by atoms with van der Waals surface area (Å²) in [4.78, 5) is 24.2. The van der Waals surface area contributed by atoms with Gasteiger partial charge in [0, 0.05) is 57.9 Å². The molecule has 3 heterocycles. The summed E-state index contributed by atoms with van der Waals surface area (Å²) >= 11 is 1.54. The molecule has 35 heavy (non-hydrogen) atoms. The number of fused-ring (bicyclic) bond motifs is 2. The molecule has 5 aromatic rings. The van der Waals surface area contributed by atoms with Crippen LogP contribution in [0.25, 0.3) is 31.6 Å². The molecule has 0 unspecified atom stereocenters. The molecule has 0 saturated carbocycles. The number of nitriles is 1. The highest BCUT2D eigenvalue weighted by atomic mass is 32.1. The average molecular weight is 481 g/mol. The number of aromatic amines is 1. The zero-order valence-corrected chi connectivity index (χ0v) is 20.2. The molecule has 0 saturated heterocycles. The minimum atomic E-state index is -0.0952. The van der Waals surface area contributed by atoms with E-state index in [1.54, 1.807) is 6.20 Å². The van der Waals surface area contributed by atoms with Gasteiger partial charge in [0.1, 0.15) is 10.9 Å². The zero-order valence-electron chi connectivity index (χ0n) is 19.4.